The van der Waals surface area contributed by atoms with Crippen LogP contribution in [0.3, 0.4) is 0 Å². The molecule has 10 nitrogen and oxygen atoms in total. The van der Waals surface area contributed by atoms with E-state index in [4.69, 9.17) is 5.11 Å². The summed E-state index contributed by atoms with van der Waals surface area (Å²) >= 11 is 0. The normalized spacial score (nSPS) is 20.5. The number of sulfonamides is 1. The van der Waals surface area contributed by atoms with E-state index in [2.05, 4.69) is 17.6 Å². The van der Waals surface area contributed by atoms with Crippen LogP contribution in [0.15, 0.2) is 40.3 Å². The molecule has 4 N–H and O–H groups in total. The SMILES string of the molecule is CCC1=C(C)CN(C(=O)NCCc2ccc(S(=O)(=O)NC(=O)NC3CCC(C(=O)O)CC3)cc2)C1. The first-order chi connectivity index (χ1) is 16.6. The lowest BCUT2D eigenvalue weighted by molar-refractivity contribution is -0.142. The van der Waals surface area contributed by atoms with Gasteiger partial charge in [0.25, 0.3) is 10.0 Å². The second-order valence-corrected chi connectivity index (χ2v) is 10.9. The molecule has 0 bridgehead atoms. The van der Waals surface area contributed by atoms with E-state index in [1.165, 1.54) is 23.3 Å². The van der Waals surface area contributed by atoms with Crippen molar-refractivity contribution in [2.75, 3.05) is 19.6 Å². The lowest BCUT2D eigenvalue weighted by Crippen LogP contribution is -2.46. The van der Waals surface area contributed by atoms with E-state index in [9.17, 15) is 22.8 Å². The predicted molar refractivity (Wildman–Crippen MR) is 130 cm³/mol. The highest BCUT2D eigenvalue weighted by atomic mass is 32.2. The van der Waals surface area contributed by atoms with Gasteiger partial charge < -0.3 is 20.6 Å². The van der Waals surface area contributed by atoms with Gasteiger partial charge in [-0.1, -0.05) is 30.2 Å². The molecule has 1 aliphatic heterocycles. The van der Waals surface area contributed by atoms with Crippen molar-refractivity contribution in [1.82, 2.24) is 20.3 Å². The molecule has 1 aromatic rings. The van der Waals surface area contributed by atoms with E-state index >= 15 is 0 Å². The lowest BCUT2D eigenvalue weighted by atomic mass is 9.86. The van der Waals surface area contributed by atoms with Crippen molar-refractivity contribution in [3.8, 4) is 0 Å². The maximum absolute atomic E-state index is 12.5. The fourth-order valence-electron chi connectivity index (χ4n) is 4.52. The van der Waals surface area contributed by atoms with Gasteiger partial charge in [0.15, 0.2) is 0 Å². The van der Waals surface area contributed by atoms with Crippen LogP contribution in [0.5, 0.6) is 0 Å². The van der Waals surface area contributed by atoms with Gasteiger partial charge in [-0.15, -0.1) is 0 Å². The summed E-state index contributed by atoms with van der Waals surface area (Å²) in [5, 5.41) is 14.6. The third kappa shape index (κ3) is 7.20. The van der Waals surface area contributed by atoms with Crippen LogP contribution in [0.2, 0.25) is 0 Å². The highest BCUT2D eigenvalue weighted by molar-refractivity contribution is 7.90. The first-order valence-electron chi connectivity index (χ1n) is 11.9. The summed E-state index contributed by atoms with van der Waals surface area (Å²) < 4.78 is 27.1. The Kier molecular flexibility index (Phi) is 8.76. The average Bonchev–Trinajstić information content (AvgIpc) is 3.20. The number of carbonyl (C=O) groups excluding carboxylic acids is 2. The minimum absolute atomic E-state index is 0.0410. The van der Waals surface area contributed by atoms with E-state index in [0.717, 1.165) is 12.0 Å². The molecule has 1 fully saturated rings. The summed E-state index contributed by atoms with van der Waals surface area (Å²) in [7, 11) is -4.05. The van der Waals surface area contributed by atoms with Crippen molar-refractivity contribution < 1.29 is 27.9 Å². The first kappa shape index (κ1) is 26.5. The number of hydrogen-bond donors (Lipinski definition) is 4. The molecule has 0 saturated heterocycles. The van der Waals surface area contributed by atoms with Crippen LogP contribution in [0.4, 0.5) is 9.59 Å². The van der Waals surface area contributed by atoms with Crippen LogP contribution >= 0.6 is 0 Å². The number of amides is 4. The first-order valence-corrected chi connectivity index (χ1v) is 13.4. The van der Waals surface area contributed by atoms with E-state index in [0.29, 0.717) is 51.7 Å². The molecule has 0 aromatic heterocycles. The number of carboxylic acids is 1. The Balaban J connectivity index is 1.43. The molecule has 0 radical (unpaired) electrons. The minimum atomic E-state index is -4.05. The molecule has 3 rings (SSSR count). The maximum Gasteiger partial charge on any atom is 0.328 e. The number of carboxylic acid groups (broad SMARTS) is 1. The van der Waals surface area contributed by atoms with E-state index in [1.54, 1.807) is 17.0 Å². The van der Waals surface area contributed by atoms with Gasteiger partial charge in [0.1, 0.15) is 0 Å². The Hall–Kier alpha value is -3.08. The van der Waals surface area contributed by atoms with Crippen molar-refractivity contribution in [2.24, 2.45) is 5.92 Å². The van der Waals surface area contributed by atoms with Gasteiger partial charge in [-0.25, -0.2) is 22.7 Å². The molecule has 1 heterocycles. The number of hydrogen-bond acceptors (Lipinski definition) is 5. The summed E-state index contributed by atoms with van der Waals surface area (Å²) in [5.41, 5.74) is 3.39. The molecule has 11 heteroatoms. The van der Waals surface area contributed by atoms with Crippen LogP contribution in [0, 0.1) is 5.92 Å². The number of urea groups is 2. The Morgan fingerprint density at radius 3 is 2.29 bits per heavy atom. The van der Waals surface area contributed by atoms with Gasteiger partial charge in [0, 0.05) is 25.7 Å². The van der Waals surface area contributed by atoms with Crippen molar-refractivity contribution in [2.45, 2.75) is 63.3 Å². The Bertz CT molecular complexity index is 1080. The molecule has 192 valence electrons. The van der Waals surface area contributed by atoms with Crippen LogP contribution < -0.4 is 15.4 Å². The van der Waals surface area contributed by atoms with E-state index < -0.39 is 27.9 Å². The van der Waals surface area contributed by atoms with Gasteiger partial charge in [0.05, 0.1) is 10.8 Å². The van der Waals surface area contributed by atoms with Gasteiger partial charge in [-0.3, -0.25) is 4.79 Å². The topological polar surface area (TPSA) is 145 Å². The number of carbonyl (C=O) groups is 3. The molecular weight excluding hydrogens is 472 g/mol. The van der Waals surface area contributed by atoms with Gasteiger partial charge in [0.2, 0.25) is 0 Å². The van der Waals surface area contributed by atoms with Crippen molar-refractivity contribution in [1.29, 1.82) is 0 Å². The van der Waals surface area contributed by atoms with Crippen molar-refractivity contribution in [3.63, 3.8) is 0 Å². The molecule has 1 aliphatic carbocycles. The third-order valence-corrected chi connectivity index (χ3v) is 8.04. The van der Waals surface area contributed by atoms with Crippen LogP contribution in [-0.4, -0.2) is 62.1 Å². The summed E-state index contributed by atoms with van der Waals surface area (Å²) in [6.07, 6.45) is 3.36. The van der Waals surface area contributed by atoms with Gasteiger partial charge >= 0.3 is 18.0 Å². The predicted octanol–water partition coefficient (Wildman–Crippen LogP) is 2.61. The lowest BCUT2D eigenvalue weighted by Gasteiger charge is -2.26. The van der Waals surface area contributed by atoms with E-state index in [-0.39, 0.29) is 17.0 Å². The van der Waals surface area contributed by atoms with Crippen LogP contribution in [0.25, 0.3) is 0 Å². The number of aliphatic carboxylic acids is 1. The molecule has 0 spiro atoms. The highest BCUT2D eigenvalue weighted by Crippen LogP contribution is 2.24. The number of rotatable bonds is 8. The zero-order valence-electron chi connectivity index (χ0n) is 20.2. The fraction of sp³-hybridized carbons (Fsp3) is 0.542. The molecule has 2 aliphatic rings. The molecular formula is C24H34N4O6S. The second-order valence-electron chi connectivity index (χ2n) is 9.19. The van der Waals surface area contributed by atoms with Gasteiger partial charge in [-0.05, 0) is 63.1 Å². The summed E-state index contributed by atoms with van der Waals surface area (Å²) in [4.78, 5) is 37.3. The second kappa shape index (κ2) is 11.6. The van der Waals surface area contributed by atoms with Crippen LogP contribution in [0.1, 0.15) is 51.5 Å². The molecule has 1 saturated carbocycles. The zero-order chi connectivity index (χ0) is 25.6. The molecule has 0 unspecified atom stereocenters. The smallest absolute Gasteiger partial charge is 0.328 e. The maximum atomic E-state index is 12.5. The quantitative estimate of drug-likeness (QED) is 0.399. The third-order valence-electron chi connectivity index (χ3n) is 6.69. The highest BCUT2D eigenvalue weighted by Gasteiger charge is 2.28. The molecule has 4 amide bonds. The fourth-order valence-corrected chi connectivity index (χ4v) is 5.43. The standard InChI is InChI=1S/C24H34N4O6S/c1-3-18-15-28(14-16(18)2)24(32)25-13-12-17-4-10-21(11-5-17)35(33,34)27-23(31)26-20-8-6-19(7-9-20)22(29)30/h4-5,10-11,19-20H,3,6-9,12-15H2,1-2H3,(H,25,32)(H,29,30)(H2,26,27,31). The Morgan fingerprint density at radius 2 is 1.71 bits per heavy atom. The van der Waals surface area contributed by atoms with E-state index in [1.807, 2.05) is 11.6 Å². The monoisotopic (exact) mass is 506 g/mol. The number of nitrogens with one attached hydrogen (secondary N) is 3. The van der Waals surface area contributed by atoms with Crippen LogP contribution in [-0.2, 0) is 21.2 Å². The summed E-state index contributed by atoms with van der Waals surface area (Å²) in [5.74, 6) is -1.26. The van der Waals surface area contributed by atoms with Gasteiger partial charge in [-0.2, -0.15) is 0 Å². The number of nitrogens with zero attached hydrogens (tertiary/aromatic N) is 1. The molecule has 0 atom stereocenters. The Labute approximate surface area is 206 Å². The van der Waals surface area contributed by atoms with Crippen molar-refractivity contribution >= 4 is 28.1 Å². The van der Waals surface area contributed by atoms with Crippen molar-refractivity contribution in [3.05, 3.63) is 41.0 Å². The number of benzene rings is 1. The summed E-state index contributed by atoms with van der Waals surface area (Å²) in [6, 6.07) is 4.96. The summed E-state index contributed by atoms with van der Waals surface area (Å²) in [6.45, 7) is 5.86. The Morgan fingerprint density at radius 1 is 1.06 bits per heavy atom. The molecule has 1 aromatic carbocycles. The average molecular weight is 507 g/mol. The largest absolute Gasteiger partial charge is 0.481 e. The zero-order valence-corrected chi connectivity index (χ0v) is 21.0. The molecule has 35 heavy (non-hydrogen) atoms. The minimum Gasteiger partial charge on any atom is -0.481 e.